The van der Waals surface area contributed by atoms with Crippen LogP contribution in [0.4, 0.5) is 0 Å². The van der Waals surface area contributed by atoms with Crippen LogP contribution in [0.2, 0.25) is 0 Å². The van der Waals surface area contributed by atoms with Crippen molar-refractivity contribution in [2.45, 2.75) is 54.6 Å². The summed E-state index contributed by atoms with van der Waals surface area (Å²) in [6.07, 6.45) is 1.10. The van der Waals surface area contributed by atoms with Crippen molar-refractivity contribution in [3.63, 3.8) is 0 Å². The molecular weight excluding hydrogens is 292 g/mol. The summed E-state index contributed by atoms with van der Waals surface area (Å²) in [6, 6.07) is 8.28. The lowest BCUT2D eigenvalue weighted by Crippen LogP contribution is -2.59. The zero-order chi connectivity index (χ0) is 15.3. The Morgan fingerprint density at radius 2 is 1.90 bits per heavy atom. The van der Waals surface area contributed by atoms with Crippen molar-refractivity contribution in [1.29, 1.82) is 0 Å². The molecule has 116 valence electrons. The van der Waals surface area contributed by atoms with E-state index in [9.17, 15) is 13.5 Å². The molecular formula is C15H20O5S. The van der Waals surface area contributed by atoms with Gasteiger partial charge in [-0.25, -0.2) is 18.2 Å². The molecule has 1 saturated carbocycles. The Hall–Kier alpha value is -0.950. The van der Waals surface area contributed by atoms with Crippen molar-refractivity contribution in [3.8, 4) is 0 Å². The first-order valence-corrected chi connectivity index (χ1v) is 8.62. The Kier molecular flexibility index (Phi) is 3.40. The van der Waals surface area contributed by atoms with E-state index in [0.29, 0.717) is 19.3 Å². The fourth-order valence-electron chi connectivity index (χ4n) is 3.20. The summed E-state index contributed by atoms with van der Waals surface area (Å²) in [5.41, 5.74) is -0.964. The molecule has 1 saturated heterocycles. The largest absolute Gasteiger partial charge is 0.387 e. The highest BCUT2D eigenvalue weighted by Crippen LogP contribution is 2.48. The number of sulfone groups is 1. The highest BCUT2D eigenvalue weighted by Gasteiger charge is 2.58. The molecule has 0 radical (unpaired) electrons. The third kappa shape index (κ3) is 2.21. The van der Waals surface area contributed by atoms with Gasteiger partial charge in [0.15, 0.2) is 0 Å². The molecule has 5 nitrogen and oxygen atoms in total. The summed E-state index contributed by atoms with van der Waals surface area (Å²) in [5, 5.41) is 10.2. The molecule has 0 amide bonds. The SMILES string of the molecule is C[C@]1(S(=O)(=O)c2ccccc2)OO[C@@H]2C[C@H]1CC[C@@]2(C)O. The van der Waals surface area contributed by atoms with Crippen LogP contribution in [0.15, 0.2) is 35.2 Å². The van der Waals surface area contributed by atoms with Crippen molar-refractivity contribution >= 4 is 9.84 Å². The molecule has 0 unspecified atom stereocenters. The first-order chi connectivity index (χ1) is 9.77. The van der Waals surface area contributed by atoms with Crippen LogP contribution in [0, 0.1) is 5.92 Å². The second-order valence-electron chi connectivity index (χ2n) is 6.33. The molecule has 2 bridgehead atoms. The summed E-state index contributed by atoms with van der Waals surface area (Å²) in [5.74, 6) is -0.193. The van der Waals surface area contributed by atoms with E-state index in [2.05, 4.69) is 0 Å². The molecule has 4 atom stereocenters. The van der Waals surface area contributed by atoms with Gasteiger partial charge in [-0.2, -0.15) is 0 Å². The lowest BCUT2D eigenvalue weighted by Gasteiger charge is -2.49. The van der Waals surface area contributed by atoms with Crippen molar-refractivity contribution in [2.75, 3.05) is 0 Å². The van der Waals surface area contributed by atoms with Gasteiger partial charge in [-0.3, -0.25) is 0 Å². The molecule has 21 heavy (non-hydrogen) atoms. The first-order valence-electron chi connectivity index (χ1n) is 7.14. The normalized spacial score (nSPS) is 40.0. The number of benzene rings is 1. The minimum Gasteiger partial charge on any atom is -0.387 e. The van der Waals surface area contributed by atoms with Gasteiger partial charge in [-0.15, -0.1) is 0 Å². The number of rotatable bonds is 2. The van der Waals surface area contributed by atoms with Crippen molar-refractivity contribution in [1.82, 2.24) is 0 Å². The maximum Gasteiger partial charge on any atom is 0.211 e. The highest BCUT2D eigenvalue weighted by molar-refractivity contribution is 7.92. The summed E-state index contributed by atoms with van der Waals surface area (Å²) >= 11 is 0. The van der Waals surface area contributed by atoms with Gasteiger partial charge in [0.05, 0.1) is 10.5 Å². The lowest BCUT2D eigenvalue weighted by molar-refractivity contribution is -0.425. The summed E-state index contributed by atoms with van der Waals surface area (Å²) in [4.78, 5) is 9.41. The van der Waals surface area contributed by atoms with Crippen LogP contribution in [-0.2, 0) is 19.6 Å². The molecule has 1 aliphatic heterocycles. The molecule has 3 rings (SSSR count). The third-order valence-corrected chi connectivity index (χ3v) is 7.21. The predicted octanol–water partition coefficient (Wildman–Crippen LogP) is 2.06. The van der Waals surface area contributed by atoms with Crippen LogP contribution in [0.5, 0.6) is 0 Å². The molecule has 6 heteroatoms. The molecule has 0 spiro atoms. The molecule has 2 aliphatic rings. The van der Waals surface area contributed by atoms with Crippen LogP contribution in [0.25, 0.3) is 0 Å². The van der Waals surface area contributed by atoms with Gasteiger partial charge in [0.2, 0.25) is 14.8 Å². The standard InChI is InChI=1S/C15H20O5S/c1-14(16)9-8-11-10-13(14)19-20-15(11,2)21(17,18)12-6-4-3-5-7-12/h3-7,11,13,16H,8-10H2,1-2H3/t11-,13-,14-,15-/m1/s1. The fraction of sp³-hybridized carbons (Fsp3) is 0.600. The third-order valence-electron chi connectivity index (χ3n) is 4.85. The summed E-state index contributed by atoms with van der Waals surface area (Å²) < 4.78 is 25.8. The molecule has 0 aromatic heterocycles. The van der Waals surface area contributed by atoms with E-state index in [4.69, 9.17) is 9.78 Å². The molecule has 1 aromatic carbocycles. The quantitative estimate of drug-likeness (QED) is 0.846. The molecule has 2 fully saturated rings. The van der Waals surface area contributed by atoms with Crippen LogP contribution in [0.3, 0.4) is 0 Å². The summed E-state index contributed by atoms with van der Waals surface area (Å²) in [7, 11) is -3.68. The minimum atomic E-state index is -3.68. The maximum atomic E-state index is 12.9. The van der Waals surface area contributed by atoms with Crippen molar-refractivity contribution in [3.05, 3.63) is 30.3 Å². The van der Waals surface area contributed by atoms with Gasteiger partial charge in [-0.05, 0) is 45.2 Å². The molecule has 1 aromatic rings. The number of hydrogen-bond acceptors (Lipinski definition) is 5. The molecule has 1 heterocycles. The second kappa shape index (κ2) is 4.78. The lowest BCUT2D eigenvalue weighted by atomic mass is 9.75. The Morgan fingerprint density at radius 3 is 2.57 bits per heavy atom. The maximum absolute atomic E-state index is 12.9. The van der Waals surface area contributed by atoms with E-state index in [1.54, 1.807) is 44.2 Å². The summed E-state index contributed by atoms with van der Waals surface area (Å²) in [6.45, 7) is 3.27. The van der Waals surface area contributed by atoms with Gasteiger partial charge in [-0.1, -0.05) is 18.2 Å². The van der Waals surface area contributed by atoms with Gasteiger partial charge in [0.25, 0.3) is 0 Å². The molecule has 1 N–H and O–H groups in total. The van der Waals surface area contributed by atoms with Gasteiger partial charge in [0.1, 0.15) is 6.10 Å². The average molecular weight is 312 g/mol. The highest BCUT2D eigenvalue weighted by atomic mass is 32.2. The monoisotopic (exact) mass is 312 g/mol. The zero-order valence-corrected chi connectivity index (χ0v) is 13.0. The van der Waals surface area contributed by atoms with E-state index in [1.807, 2.05) is 0 Å². The van der Waals surface area contributed by atoms with E-state index < -0.39 is 26.5 Å². The smallest absolute Gasteiger partial charge is 0.211 e. The Morgan fingerprint density at radius 1 is 1.24 bits per heavy atom. The number of fused-ring (bicyclic) bond motifs is 2. The number of aliphatic hydroxyl groups is 1. The van der Waals surface area contributed by atoms with Crippen LogP contribution >= 0.6 is 0 Å². The minimum absolute atomic E-state index is 0.193. The van der Waals surface area contributed by atoms with Gasteiger partial charge >= 0.3 is 0 Å². The van der Waals surface area contributed by atoms with Crippen LogP contribution in [-0.4, -0.2) is 30.2 Å². The Balaban J connectivity index is 1.96. The van der Waals surface area contributed by atoms with E-state index >= 15 is 0 Å². The van der Waals surface area contributed by atoms with Gasteiger partial charge in [0, 0.05) is 5.92 Å². The Labute approximate surface area is 124 Å². The Bertz CT molecular complexity index is 625. The van der Waals surface area contributed by atoms with E-state index in [1.165, 1.54) is 0 Å². The number of hydrogen-bond donors (Lipinski definition) is 1. The second-order valence-corrected chi connectivity index (χ2v) is 8.62. The van der Waals surface area contributed by atoms with Gasteiger partial charge < -0.3 is 5.11 Å². The average Bonchev–Trinajstić information content (AvgIpc) is 2.46. The zero-order valence-electron chi connectivity index (χ0n) is 12.2. The first kappa shape index (κ1) is 15.0. The van der Waals surface area contributed by atoms with E-state index in [0.717, 1.165) is 0 Å². The fourth-order valence-corrected chi connectivity index (χ4v) is 4.96. The molecule has 1 aliphatic carbocycles. The van der Waals surface area contributed by atoms with Crippen LogP contribution < -0.4 is 0 Å². The van der Waals surface area contributed by atoms with Crippen molar-refractivity contribution < 1.29 is 23.3 Å². The van der Waals surface area contributed by atoms with E-state index in [-0.39, 0.29) is 10.8 Å². The topological polar surface area (TPSA) is 72.8 Å². The van der Waals surface area contributed by atoms with Crippen LogP contribution in [0.1, 0.15) is 33.1 Å². The van der Waals surface area contributed by atoms with Crippen molar-refractivity contribution in [2.24, 2.45) is 5.92 Å². The predicted molar refractivity (Wildman–Crippen MR) is 76.0 cm³/mol.